The van der Waals surface area contributed by atoms with Gasteiger partial charge in [-0.25, -0.2) is 14.2 Å². The number of aryl methyl sites for hydroxylation is 1. The summed E-state index contributed by atoms with van der Waals surface area (Å²) < 4.78 is 24.3. The summed E-state index contributed by atoms with van der Waals surface area (Å²) in [4.78, 5) is 37.1. The number of carboxylic acid groups (broad SMARTS) is 2. The van der Waals surface area contributed by atoms with E-state index in [-0.39, 0.29) is 35.2 Å². The first-order valence-electron chi connectivity index (χ1n) is 10.1. The molecule has 1 aromatic carbocycles. The number of benzene rings is 1. The van der Waals surface area contributed by atoms with Crippen LogP contribution in [-0.4, -0.2) is 49.4 Å². The summed E-state index contributed by atoms with van der Waals surface area (Å²) in [6.07, 6.45) is 7.17. The molecule has 0 aliphatic carbocycles. The van der Waals surface area contributed by atoms with Crippen LogP contribution < -0.4 is 21.2 Å². The van der Waals surface area contributed by atoms with Crippen LogP contribution >= 0.6 is 0 Å². The number of aliphatic carboxylic acids is 1. The summed E-state index contributed by atoms with van der Waals surface area (Å²) in [7, 11) is 0. The summed E-state index contributed by atoms with van der Waals surface area (Å²) >= 11 is 0. The van der Waals surface area contributed by atoms with Crippen molar-refractivity contribution in [1.29, 1.82) is 0 Å². The third kappa shape index (κ3) is 4.73. The molecule has 0 saturated carbocycles. The number of hydrogen-bond donors (Lipinski definition) is 4. The minimum atomic E-state index is -1.39. The smallest absolute Gasteiger partial charge is 0.341 e. The van der Waals surface area contributed by atoms with Gasteiger partial charge in [-0.05, 0) is 13.3 Å². The Bertz CT molecular complexity index is 1250. The fraction of sp³-hybridized carbons (Fsp3) is 0.333. The Balaban J connectivity index is 0.000000709. The summed E-state index contributed by atoms with van der Waals surface area (Å²) in [5.74, 6) is -2.88. The summed E-state index contributed by atoms with van der Waals surface area (Å²) in [6.45, 7) is 4.23. The number of aromatic nitrogens is 3. The molecule has 4 rings (SSSR count). The Kier molecular flexibility index (Phi) is 6.85. The maximum Gasteiger partial charge on any atom is 0.341 e. The lowest BCUT2D eigenvalue weighted by Gasteiger charge is -2.29. The van der Waals surface area contributed by atoms with Crippen molar-refractivity contribution in [3.63, 3.8) is 0 Å². The molecule has 0 spiro atoms. The first-order valence-corrected chi connectivity index (χ1v) is 10.1. The zero-order valence-electron chi connectivity index (χ0n) is 18.0. The summed E-state index contributed by atoms with van der Waals surface area (Å²) in [6, 6.07) is -0.248. The van der Waals surface area contributed by atoms with Crippen LogP contribution in [0.15, 0.2) is 29.7 Å². The second-order valence-corrected chi connectivity index (χ2v) is 7.50. The number of imidazole rings is 1. The number of hydrogen-bond acceptors (Lipinski definition) is 7. The van der Waals surface area contributed by atoms with Gasteiger partial charge in [0.25, 0.3) is 5.97 Å². The summed E-state index contributed by atoms with van der Waals surface area (Å²) in [5, 5.41) is 19.6. The van der Waals surface area contributed by atoms with Crippen LogP contribution in [0.4, 0.5) is 15.8 Å². The quantitative estimate of drug-likeness (QED) is 0.318. The average molecular weight is 461 g/mol. The lowest BCUT2D eigenvalue weighted by atomic mass is 10.0. The number of nitrogens with two attached hydrogens (primary N) is 1. The number of rotatable bonds is 6. The number of halogens is 1. The van der Waals surface area contributed by atoms with Crippen LogP contribution in [-0.2, 0) is 11.3 Å². The van der Waals surface area contributed by atoms with Crippen LogP contribution in [0, 0.1) is 5.82 Å². The molecule has 1 unspecified atom stereocenters. The van der Waals surface area contributed by atoms with E-state index < -0.39 is 28.7 Å². The average Bonchev–Trinajstić information content (AvgIpc) is 3.26. The highest BCUT2D eigenvalue weighted by Gasteiger charge is 2.30. The molecule has 1 atom stereocenters. The Morgan fingerprint density at radius 1 is 1.39 bits per heavy atom. The normalized spacial score (nSPS) is 14.2. The molecule has 176 valence electrons. The van der Waals surface area contributed by atoms with Gasteiger partial charge in [0.2, 0.25) is 5.43 Å². The molecule has 3 aromatic rings. The topological polar surface area (TPSA) is 162 Å². The predicted molar refractivity (Wildman–Crippen MR) is 118 cm³/mol. The van der Waals surface area contributed by atoms with Gasteiger partial charge >= 0.3 is 5.97 Å². The minimum absolute atomic E-state index is 0.0729. The van der Waals surface area contributed by atoms with Crippen molar-refractivity contribution in [1.82, 2.24) is 14.1 Å². The lowest BCUT2D eigenvalue weighted by Crippen LogP contribution is -2.28. The third-order valence-electron chi connectivity index (χ3n) is 5.03. The fourth-order valence-corrected chi connectivity index (χ4v) is 3.55. The maximum atomic E-state index is 15.1. The molecule has 5 N–H and O–H groups in total. The van der Waals surface area contributed by atoms with Crippen molar-refractivity contribution >= 4 is 34.2 Å². The molecular formula is C21H24FN5O6. The number of aromatic carboxylic acids is 1. The second-order valence-electron chi connectivity index (χ2n) is 7.50. The van der Waals surface area contributed by atoms with E-state index in [0.29, 0.717) is 25.0 Å². The van der Waals surface area contributed by atoms with Crippen LogP contribution in [0.1, 0.15) is 36.7 Å². The Morgan fingerprint density at radius 2 is 2.09 bits per heavy atom. The second kappa shape index (κ2) is 9.59. The van der Waals surface area contributed by atoms with E-state index in [2.05, 4.69) is 10.3 Å². The Morgan fingerprint density at radius 3 is 2.70 bits per heavy atom. The molecule has 0 radical (unpaired) electrons. The van der Waals surface area contributed by atoms with Crippen LogP contribution in [0.2, 0.25) is 0 Å². The van der Waals surface area contributed by atoms with Gasteiger partial charge in [-0.3, -0.25) is 9.59 Å². The van der Waals surface area contributed by atoms with E-state index in [9.17, 15) is 14.7 Å². The highest BCUT2D eigenvalue weighted by molar-refractivity contribution is 6.03. The monoisotopic (exact) mass is 461 g/mol. The van der Waals surface area contributed by atoms with Gasteiger partial charge in [0.1, 0.15) is 17.9 Å². The number of ether oxygens (including phenoxy) is 1. The molecule has 0 fully saturated rings. The first-order chi connectivity index (χ1) is 15.6. The Hall–Kier alpha value is -4.09. The number of nitrogens with zero attached hydrogens (tertiary/aromatic N) is 3. The number of nitrogen functional groups attached to an aromatic ring is 1. The highest BCUT2D eigenvalue weighted by atomic mass is 19.1. The van der Waals surface area contributed by atoms with E-state index in [1.165, 1.54) is 6.20 Å². The number of carboxylic acids is 2. The molecule has 1 aliphatic heterocycles. The lowest BCUT2D eigenvalue weighted by molar-refractivity contribution is -0.134. The van der Waals surface area contributed by atoms with Gasteiger partial charge in [0.15, 0.2) is 11.6 Å². The molecule has 0 saturated heterocycles. The van der Waals surface area contributed by atoms with Crippen molar-refractivity contribution in [3.05, 3.63) is 46.5 Å². The zero-order chi connectivity index (χ0) is 24.3. The van der Waals surface area contributed by atoms with E-state index in [4.69, 9.17) is 20.4 Å². The maximum absolute atomic E-state index is 15.1. The van der Waals surface area contributed by atoms with Crippen molar-refractivity contribution in [2.75, 3.05) is 24.2 Å². The van der Waals surface area contributed by atoms with Gasteiger partial charge in [0.05, 0.1) is 29.0 Å². The number of anilines is 2. The summed E-state index contributed by atoms with van der Waals surface area (Å²) in [5.41, 5.74) is 4.65. The largest absolute Gasteiger partial charge is 0.487 e. The molecular weight excluding hydrogens is 437 g/mol. The fourth-order valence-electron chi connectivity index (χ4n) is 3.55. The predicted octanol–water partition coefficient (Wildman–Crippen LogP) is 2.16. The molecule has 3 heterocycles. The number of nitrogens with one attached hydrogen (secondary N) is 1. The SMILES string of the molecule is CC(=O)O.CC1COc2c(NCCCn3ccnc3)c(F)c(N)c3c(=O)c(C(=O)O)cn1c23. The van der Waals surface area contributed by atoms with Gasteiger partial charge in [-0.2, -0.15) is 0 Å². The van der Waals surface area contributed by atoms with E-state index in [0.717, 1.165) is 6.92 Å². The highest BCUT2D eigenvalue weighted by Crippen LogP contribution is 2.43. The minimum Gasteiger partial charge on any atom is -0.487 e. The van der Waals surface area contributed by atoms with Crippen LogP contribution in [0.3, 0.4) is 0 Å². The first kappa shape index (κ1) is 23.6. The molecule has 0 amide bonds. The number of carbonyl (C=O) groups is 2. The standard InChI is InChI=1S/C19H20FN5O4.C2H4O2/c1-10-8-29-18-15(23-3-2-5-24-6-4-22-9-24)13(20)14(21)12-16(18)25(10)7-11(17(12)26)19(27)28;1-2(3)4/h4,6-7,9-10,23H,2-3,5,8,21H2,1H3,(H,27,28);1H3,(H,3,4). The molecule has 1 aliphatic rings. The van der Waals surface area contributed by atoms with E-state index in [1.807, 2.05) is 17.7 Å². The number of pyridine rings is 1. The van der Waals surface area contributed by atoms with E-state index >= 15 is 4.39 Å². The Labute approximate surface area is 187 Å². The zero-order valence-corrected chi connectivity index (χ0v) is 18.0. The van der Waals surface area contributed by atoms with Crippen LogP contribution in [0.5, 0.6) is 5.75 Å². The van der Waals surface area contributed by atoms with Crippen LogP contribution in [0.25, 0.3) is 10.9 Å². The molecule has 2 aromatic heterocycles. The van der Waals surface area contributed by atoms with E-state index in [1.54, 1.807) is 17.1 Å². The van der Waals surface area contributed by atoms with Crippen molar-refractivity contribution in [2.24, 2.45) is 0 Å². The third-order valence-corrected chi connectivity index (χ3v) is 5.03. The van der Waals surface area contributed by atoms with Crippen molar-refractivity contribution in [2.45, 2.75) is 32.9 Å². The van der Waals surface area contributed by atoms with Gasteiger partial charge in [-0.15, -0.1) is 0 Å². The van der Waals surface area contributed by atoms with Gasteiger partial charge < -0.3 is 35.1 Å². The van der Waals surface area contributed by atoms with Crippen molar-refractivity contribution < 1.29 is 28.9 Å². The molecule has 12 heteroatoms. The molecule has 33 heavy (non-hydrogen) atoms. The molecule has 0 bridgehead atoms. The molecule has 11 nitrogen and oxygen atoms in total. The van der Waals surface area contributed by atoms with Crippen molar-refractivity contribution in [3.8, 4) is 5.75 Å². The van der Waals surface area contributed by atoms with Gasteiger partial charge in [-0.1, -0.05) is 0 Å². The van der Waals surface area contributed by atoms with Gasteiger partial charge in [0, 0.05) is 38.6 Å².